The van der Waals surface area contributed by atoms with Gasteiger partial charge in [0, 0.05) is 42.5 Å². The second kappa shape index (κ2) is 7.01. The minimum absolute atomic E-state index is 0.0124. The minimum atomic E-state index is -0.851. The Morgan fingerprint density at radius 2 is 2.13 bits per heavy atom. The summed E-state index contributed by atoms with van der Waals surface area (Å²) in [5.41, 5.74) is 1.26. The molecular formula is C17H23NO4S. The number of nitrogens with zero attached hydrogens (tertiary/aromatic N) is 1. The van der Waals surface area contributed by atoms with Crippen LogP contribution in [0.5, 0.6) is 0 Å². The first-order chi connectivity index (χ1) is 11.1. The van der Waals surface area contributed by atoms with Gasteiger partial charge in [0.2, 0.25) is 5.91 Å². The van der Waals surface area contributed by atoms with Gasteiger partial charge in [0.25, 0.3) is 0 Å². The number of carboxylic acids is 1. The van der Waals surface area contributed by atoms with E-state index in [9.17, 15) is 9.59 Å². The third kappa shape index (κ3) is 3.75. The number of carboxylic acid groups (broad SMARTS) is 1. The lowest BCUT2D eigenvalue weighted by atomic mass is 10.1. The van der Waals surface area contributed by atoms with Crippen LogP contribution in [0.2, 0.25) is 0 Å². The number of hydrogen-bond donors (Lipinski definition) is 1. The van der Waals surface area contributed by atoms with Crippen LogP contribution in [0.25, 0.3) is 0 Å². The van der Waals surface area contributed by atoms with Crippen molar-refractivity contribution < 1.29 is 19.4 Å². The fraction of sp³-hybridized carbons (Fsp3) is 0.647. The maximum atomic E-state index is 12.9. The molecule has 1 aliphatic heterocycles. The first-order valence-corrected chi connectivity index (χ1v) is 9.10. The van der Waals surface area contributed by atoms with Gasteiger partial charge in [-0.05, 0) is 43.2 Å². The zero-order valence-electron chi connectivity index (χ0n) is 13.4. The van der Waals surface area contributed by atoms with Crippen LogP contribution in [-0.4, -0.2) is 47.7 Å². The maximum Gasteiger partial charge on any atom is 0.305 e. The van der Waals surface area contributed by atoms with E-state index in [2.05, 4.69) is 18.4 Å². The molecule has 0 radical (unpaired) electrons. The van der Waals surface area contributed by atoms with E-state index in [-0.39, 0.29) is 24.3 Å². The predicted octanol–water partition coefficient (Wildman–Crippen LogP) is 2.64. The minimum Gasteiger partial charge on any atom is -0.481 e. The Labute approximate surface area is 140 Å². The highest BCUT2D eigenvalue weighted by atomic mass is 32.1. The fourth-order valence-corrected chi connectivity index (χ4v) is 4.53. The molecule has 23 heavy (non-hydrogen) atoms. The fourth-order valence-electron chi connectivity index (χ4n) is 3.42. The van der Waals surface area contributed by atoms with Crippen molar-refractivity contribution in [3.63, 3.8) is 0 Å². The van der Waals surface area contributed by atoms with Crippen LogP contribution in [0.3, 0.4) is 0 Å². The zero-order valence-corrected chi connectivity index (χ0v) is 14.2. The number of hydrogen-bond acceptors (Lipinski definition) is 4. The van der Waals surface area contributed by atoms with Crippen LogP contribution in [-0.2, 0) is 14.3 Å². The van der Waals surface area contributed by atoms with Gasteiger partial charge in [-0.2, -0.15) is 0 Å². The monoisotopic (exact) mass is 337 g/mol. The van der Waals surface area contributed by atoms with E-state index in [0.717, 1.165) is 19.3 Å². The molecular weight excluding hydrogens is 314 g/mol. The van der Waals surface area contributed by atoms with Gasteiger partial charge >= 0.3 is 5.97 Å². The van der Waals surface area contributed by atoms with E-state index in [1.165, 1.54) is 10.4 Å². The molecule has 0 spiro atoms. The third-order valence-electron chi connectivity index (χ3n) is 4.83. The van der Waals surface area contributed by atoms with Gasteiger partial charge in [-0.25, -0.2) is 0 Å². The molecule has 6 heteroatoms. The summed E-state index contributed by atoms with van der Waals surface area (Å²) in [4.78, 5) is 27.0. The summed E-state index contributed by atoms with van der Waals surface area (Å²) in [6.45, 7) is 3.71. The summed E-state index contributed by atoms with van der Waals surface area (Å²) < 4.78 is 5.37. The number of amides is 1. The first kappa shape index (κ1) is 16.5. The summed E-state index contributed by atoms with van der Waals surface area (Å²) >= 11 is 1.72. The average Bonchev–Trinajstić information content (AvgIpc) is 3.22. The van der Waals surface area contributed by atoms with Crippen molar-refractivity contribution in [1.29, 1.82) is 0 Å². The lowest BCUT2D eigenvalue weighted by Crippen LogP contribution is -2.45. The molecule has 2 aliphatic rings. The van der Waals surface area contributed by atoms with Crippen LogP contribution < -0.4 is 0 Å². The van der Waals surface area contributed by atoms with Crippen molar-refractivity contribution in [3.05, 3.63) is 21.9 Å². The SMILES string of the molecule is Cc1ccsc1[C@H]1C[C@@H]1C(=O)N(CCC(=O)O)C1CCOCC1. The molecule has 0 bridgehead atoms. The molecule has 1 amide bonds. The molecule has 3 rings (SSSR count). The second-order valence-corrected chi connectivity index (χ2v) is 7.38. The molecule has 126 valence electrons. The van der Waals surface area contributed by atoms with Crippen LogP contribution >= 0.6 is 11.3 Å². The topological polar surface area (TPSA) is 66.8 Å². The predicted molar refractivity (Wildman–Crippen MR) is 87.7 cm³/mol. The lowest BCUT2D eigenvalue weighted by molar-refractivity contribution is -0.141. The maximum absolute atomic E-state index is 12.9. The largest absolute Gasteiger partial charge is 0.481 e. The molecule has 0 aromatic carbocycles. The van der Waals surface area contributed by atoms with Crippen LogP contribution in [0.1, 0.15) is 42.0 Å². The average molecular weight is 337 g/mol. The molecule has 1 aromatic heterocycles. The van der Waals surface area contributed by atoms with Crippen molar-refractivity contribution in [2.24, 2.45) is 5.92 Å². The van der Waals surface area contributed by atoms with Crippen molar-refractivity contribution >= 4 is 23.2 Å². The number of aliphatic carboxylic acids is 1. The van der Waals surface area contributed by atoms with Gasteiger partial charge in [0.05, 0.1) is 6.42 Å². The Kier molecular flexibility index (Phi) is 5.02. The van der Waals surface area contributed by atoms with E-state index >= 15 is 0 Å². The highest BCUT2D eigenvalue weighted by Crippen LogP contribution is 2.51. The Hall–Kier alpha value is -1.40. The Morgan fingerprint density at radius 1 is 1.39 bits per heavy atom. The van der Waals surface area contributed by atoms with Crippen LogP contribution in [0.4, 0.5) is 0 Å². The second-order valence-electron chi connectivity index (χ2n) is 6.44. The summed E-state index contributed by atoms with van der Waals surface area (Å²) in [7, 11) is 0. The van der Waals surface area contributed by atoms with Gasteiger partial charge in [-0.3, -0.25) is 9.59 Å². The van der Waals surface area contributed by atoms with Crippen molar-refractivity contribution in [2.75, 3.05) is 19.8 Å². The molecule has 0 unspecified atom stereocenters. The summed E-state index contributed by atoms with van der Waals surface area (Å²) in [5, 5.41) is 11.0. The zero-order chi connectivity index (χ0) is 16.4. The molecule has 2 atom stereocenters. The van der Waals surface area contributed by atoms with Crippen LogP contribution in [0, 0.1) is 12.8 Å². The number of carbonyl (C=O) groups excluding carboxylic acids is 1. The molecule has 2 fully saturated rings. The summed E-state index contributed by atoms with van der Waals surface area (Å²) in [5.74, 6) is -0.356. The number of thiophene rings is 1. The lowest BCUT2D eigenvalue weighted by Gasteiger charge is -2.34. The summed E-state index contributed by atoms with van der Waals surface area (Å²) in [6.07, 6.45) is 2.52. The van der Waals surface area contributed by atoms with E-state index in [1.54, 1.807) is 11.3 Å². The number of rotatable bonds is 6. The Morgan fingerprint density at radius 3 is 2.74 bits per heavy atom. The summed E-state index contributed by atoms with van der Waals surface area (Å²) in [6, 6.07) is 2.22. The van der Waals surface area contributed by atoms with Gasteiger partial charge in [-0.1, -0.05) is 0 Å². The molecule has 1 saturated heterocycles. The first-order valence-electron chi connectivity index (χ1n) is 8.22. The van der Waals surface area contributed by atoms with Gasteiger partial charge < -0.3 is 14.7 Å². The van der Waals surface area contributed by atoms with E-state index in [4.69, 9.17) is 9.84 Å². The van der Waals surface area contributed by atoms with Crippen molar-refractivity contribution in [3.8, 4) is 0 Å². The standard InChI is InChI=1S/C17H23NO4S/c1-11-5-9-23-16(11)13-10-14(13)17(21)18(6-2-15(19)20)12-3-7-22-8-4-12/h5,9,12-14H,2-4,6-8,10H2,1H3,(H,19,20)/t13-,14-/m0/s1. The van der Waals surface area contributed by atoms with Crippen molar-refractivity contribution in [1.82, 2.24) is 4.90 Å². The smallest absolute Gasteiger partial charge is 0.305 e. The third-order valence-corrected chi connectivity index (χ3v) is 5.98. The Balaban J connectivity index is 1.67. The quantitative estimate of drug-likeness (QED) is 0.866. The molecule has 1 saturated carbocycles. The molecule has 1 aliphatic carbocycles. The normalized spacial score (nSPS) is 24.4. The molecule has 2 heterocycles. The van der Waals surface area contributed by atoms with Crippen molar-refractivity contribution in [2.45, 2.75) is 44.6 Å². The Bertz CT molecular complexity index is 579. The number of aryl methyl sites for hydroxylation is 1. The van der Waals surface area contributed by atoms with E-state index in [1.807, 2.05) is 4.90 Å². The van der Waals surface area contributed by atoms with E-state index in [0.29, 0.717) is 25.7 Å². The highest BCUT2D eigenvalue weighted by Gasteiger charge is 2.48. The highest BCUT2D eigenvalue weighted by molar-refractivity contribution is 7.10. The van der Waals surface area contributed by atoms with E-state index < -0.39 is 5.97 Å². The van der Waals surface area contributed by atoms with Crippen LogP contribution in [0.15, 0.2) is 11.4 Å². The van der Waals surface area contributed by atoms with Gasteiger partial charge in [0.15, 0.2) is 0 Å². The molecule has 1 N–H and O–H groups in total. The molecule has 1 aromatic rings. The van der Waals surface area contributed by atoms with Gasteiger partial charge in [0.1, 0.15) is 0 Å². The van der Waals surface area contributed by atoms with Gasteiger partial charge in [-0.15, -0.1) is 11.3 Å². The number of carbonyl (C=O) groups is 2. The number of ether oxygens (including phenoxy) is 1. The molecule has 5 nitrogen and oxygen atoms in total.